The minimum atomic E-state index is 1.23. The second kappa shape index (κ2) is 42.3. The lowest BCUT2D eigenvalue weighted by Gasteiger charge is -2.11. The molecule has 0 aliphatic heterocycles. The first kappa shape index (κ1) is 50.2. The van der Waals surface area contributed by atoms with Gasteiger partial charge < -0.3 is 0 Å². The first-order valence-corrected chi connectivity index (χ1v) is 25.3. The van der Waals surface area contributed by atoms with Gasteiger partial charge in [0.1, 0.15) is 6.54 Å². The number of hydrogen-bond donors (Lipinski definition) is 0. The van der Waals surface area contributed by atoms with Gasteiger partial charge in [-0.15, -0.1) is 0 Å². The van der Waals surface area contributed by atoms with Gasteiger partial charge in [0.15, 0.2) is 11.9 Å². The fourth-order valence-corrected chi connectivity index (χ4v) is 8.67. The van der Waals surface area contributed by atoms with Crippen molar-refractivity contribution in [2.75, 3.05) is 0 Å². The van der Waals surface area contributed by atoms with Crippen LogP contribution in [0.2, 0.25) is 0 Å². The molecule has 1 aromatic heterocycles. The standard InChI is InChI=1S/C52H100N/c1-4-7-10-13-16-19-22-24-26-28-30-33-36-39-42-46-51-47-45-50-53(49-44-41-38-35-32-21-18-15-12-9-6-3)52(51)48-43-40-37-34-31-29-27-25-23-20-17-14-11-8-5-2/h45,47,50H,4-44,46,48-49H2,1-3H3/q+1. The fourth-order valence-electron chi connectivity index (χ4n) is 8.67. The van der Waals surface area contributed by atoms with Crippen LogP contribution in [0.1, 0.15) is 295 Å². The summed E-state index contributed by atoms with van der Waals surface area (Å²) in [4.78, 5) is 0. The zero-order chi connectivity index (χ0) is 38.0. The highest BCUT2D eigenvalue weighted by atomic mass is 15.0. The van der Waals surface area contributed by atoms with Gasteiger partial charge in [-0.3, -0.25) is 0 Å². The van der Waals surface area contributed by atoms with E-state index in [1.807, 2.05) is 0 Å². The van der Waals surface area contributed by atoms with Crippen LogP contribution in [-0.4, -0.2) is 0 Å². The van der Waals surface area contributed by atoms with Crippen LogP contribution in [0, 0.1) is 0 Å². The van der Waals surface area contributed by atoms with Crippen LogP contribution in [0.4, 0.5) is 0 Å². The number of unbranched alkanes of at least 4 members (excludes halogenated alkanes) is 38. The van der Waals surface area contributed by atoms with Crippen molar-refractivity contribution < 1.29 is 4.57 Å². The van der Waals surface area contributed by atoms with Crippen LogP contribution >= 0.6 is 0 Å². The van der Waals surface area contributed by atoms with E-state index in [0.29, 0.717) is 0 Å². The van der Waals surface area contributed by atoms with E-state index in [-0.39, 0.29) is 0 Å². The number of pyridine rings is 1. The Labute approximate surface area is 336 Å². The van der Waals surface area contributed by atoms with Crippen LogP contribution in [-0.2, 0) is 19.4 Å². The molecular weight excluding hydrogens is 639 g/mol. The fraction of sp³-hybridized carbons (Fsp3) is 0.904. The summed E-state index contributed by atoms with van der Waals surface area (Å²) in [6.45, 7) is 8.19. The lowest BCUT2D eigenvalue weighted by atomic mass is 9.99. The number of hydrogen-bond acceptors (Lipinski definition) is 0. The highest BCUT2D eigenvalue weighted by Crippen LogP contribution is 2.19. The summed E-state index contributed by atoms with van der Waals surface area (Å²) in [5.41, 5.74) is 3.37. The van der Waals surface area contributed by atoms with Gasteiger partial charge in [-0.25, -0.2) is 4.57 Å². The predicted molar refractivity (Wildman–Crippen MR) is 240 cm³/mol. The first-order chi connectivity index (χ1) is 26.3. The summed E-state index contributed by atoms with van der Waals surface area (Å²) in [6, 6.07) is 4.86. The molecule has 312 valence electrons. The van der Waals surface area contributed by atoms with Gasteiger partial charge in [-0.05, 0) is 31.7 Å². The normalized spacial score (nSPS) is 11.6. The Hall–Kier alpha value is -0.850. The summed E-state index contributed by atoms with van der Waals surface area (Å²) < 4.78 is 2.69. The van der Waals surface area contributed by atoms with Crippen molar-refractivity contribution in [3.8, 4) is 0 Å². The molecule has 0 saturated heterocycles. The summed E-state index contributed by atoms with van der Waals surface area (Å²) in [6.07, 6.45) is 64.2. The van der Waals surface area contributed by atoms with Crippen LogP contribution in [0.25, 0.3) is 0 Å². The van der Waals surface area contributed by atoms with E-state index in [1.54, 1.807) is 11.3 Å². The Morgan fingerprint density at radius 1 is 0.302 bits per heavy atom. The van der Waals surface area contributed by atoms with Crippen molar-refractivity contribution in [1.29, 1.82) is 0 Å². The molecule has 0 fully saturated rings. The van der Waals surface area contributed by atoms with Gasteiger partial charge in [-0.2, -0.15) is 0 Å². The van der Waals surface area contributed by atoms with E-state index in [9.17, 15) is 0 Å². The average Bonchev–Trinajstić information content (AvgIpc) is 3.17. The van der Waals surface area contributed by atoms with E-state index in [2.05, 4.69) is 43.7 Å². The maximum atomic E-state index is 2.69. The van der Waals surface area contributed by atoms with E-state index < -0.39 is 0 Å². The van der Waals surface area contributed by atoms with Gasteiger partial charge in [-0.1, -0.05) is 258 Å². The van der Waals surface area contributed by atoms with Crippen molar-refractivity contribution in [3.63, 3.8) is 0 Å². The molecular formula is C52H100N+. The van der Waals surface area contributed by atoms with Crippen LogP contribution in [0.5, 0.6) is 0 Å². The van der Waals surface area contributed by atoms with E-state index in [4.69, 9.17) is 0 Å². The number of aromatic nitrogens is 1. The molecule has 0 atom stereocenters. The minimum absolute atomic E-state index is 1.23. The SMILES string of the molecule is CCCCCCCCCCCCCCCCCc1ccc[n+](CCCCCCCCCCCCC)c1CCCCCCCCCCCCCCCCC. The molecule has 0 unspecified atom stereocenters. The molecule has 1 heterocycles. The molecule has 0 aromatic carbocycles. The Morgan fingerprint density at radius 3 is 0.887 bits per heavy atom. The van der Waals surface area contributed by atoms with Gasteiger partial charge in [0, 0.05) is 24.5 Å². The van der Waals surface area contributed by atoms with Gasteiger partial charge in [0.05, 0.1) is 0 Å². The van der Waals surface area contributed by atoms with Gasteiger partial charge in [0.2, 0.25) is 0 Å². The predicted octanol–water partition coefficient (Wildman–Crippen LogP) is 18.1. The Balaban J connectivity index is 2.32. The molecule has 0 amide bonds. The van der Waals surface area contributed by atoms with Gasteiger partial charge >= 0.3 is 0 Å². The molecule has 0 saturated carbocycles. The van der Waals surface area contributed by atoms with Crippen LogP contribution in [0.3, 0.4) is 0 Å². The highest BCUT2D eigenvalue weighted by molar-refractivity contribution is 5.16. The zero-order valence-corrected chi connectivity index (χ0v) is 37.3. The second-order valence-corrected chi connectivity index (χ2v) is 17.6. The Morgan fingerprint density at radius 2 is 0.566 bits per heavy atom. The van der Waals surface area contributed by atoms with Gasteiger partial charge in [0.25, 0.3) is 0 Å². The smallest absolute Gasteiger partial charge is 0.184 e. The minimum Gasteiger partial charge on any atom is -0.202 e. The second-order valence-electron chi connectivity index (χ2n) is 17.6. The number of nitrogens with zero attached hydrogens (tertiary/aromatic N) is 1. The molecule has 1 rings (SSSR count). The average molecular weight is 739 g/mol. The molecule has 0 N–H and O–H groups in total. The molecule has 0 bridgehead atoms. The maximum Gasteiger partial charge on any atom is 0.184 e. The van der Waals surface area contributed by atoms with Crippen molar-refractivity contribution in [2.24, 2.45) is 0 Å². The summed E-state index contributed by atoms with van der Waals surface area (Å²) in [5, 5.41) is 0. The number of rotatable bonds is 44. The third kappa shape index (κ3) is 34.2. The monoisotopic (exact) mass is 739 g/mol. The largest absolute Gasteiger partial charge is 0.202 e. The lowest BCUT2D eigenvalue weighted by Crippen LogP contribution is -2.39. The topological polar surface area (TPSA) is 3.88 Å². The van der Waals surface area contributed by atoms with E-state index >= 15 is 0 Å². The molecule has 1 aromatic rings. The molecule has 0 aliphatic rings. The molecule has 1 nitrogen and oxygen atoms in total. The molecule has 0 aliphatic carbocycles. The molecule has 1 heteroatoms. The first-order valence-electron chi connectivity index (χ1n) is 25.3. The van der Waals surface area contributed by atoms with Crippen LogP contribution < -0.4 is 4.57 Å². The molecule has 53 heavy (non-hydrogen) atoms. The third-order valence-corrected chi connectivity index (χ3v) is 12.4. The van der Waals surface area contributed by atoms with E-state index in [1.165, 1.54) is 283 Å². The molecule has 0 spiro atoms. The lowest BCUT2D eigenvalue weighted by molar-refractivity contribution is -0.705. The summed E-state index contributed by atoms with van der Waals surface area (Å²) in [5.74, 6) is 0. The number of aryl methyl sites for hydroxylation is 2. The third-order valence-electron chi connectivity index (χ3n) is 12.4. The van der Waals surface area contributed by atoms with E-state index in [0.717, 1.165) is 0 Å². The zero-order valence-electron chi connectivity index (χ0n) is 37.3. The van der Waals surface area contributed by atoms with Crippen molar-refractivity contribution in [2.45, 2.75) is 303 Å². The van der Waals surface area contributed by atoms with Crippen molar-refractivity contribution in [1.82, 2.24) is 0 Å². The summed E-state index contributed by atoms with van der Waals surface area (Å²) in [7, 11) is 0. The quantitative estimate of drug-likeness (QED) is 0.0464. The summed E-state index contributed by atoms with van der Waals surface area (Å²) >= 11 is 0. The maximum absolute atomic E-state index is 2.69. The van der Waals surface area contributed by atoms with Crippen molar-refractivity contribution in [3.05, 3.63) is 29.6 Å². The Kier molecular flexibility index (Phi) is 40.0. The molecule has 0 radical (unpaired) electrons. The highest BCUT2D eigenvalue weighted by Gasteiger charge is 2.15. The van der Waals surface area contributed by atoms with Crippen molar-refractivity contribution >= 4 is 0 Å². The van der Waals surface area contributed by atoms with Crippen LogP contribution in [0.15, 0.2) is 18.3 Å². The Bertz CT molecular complexity index is 828.